The third kappa shape index (κ3) is 3.60. The Morgan fingerprint density at radius 1 is 0.952 bits per heavy atom. The van der Waals surface area contributed by atoms with Crippen molar-refractivity contribution in [2.45, 2.75) is 45.4 Å². The van der Waals surface area contributed by atoms with Crippen molar-refractivity contribution in [2.24, 2.45) is 0 Å². The van der Waals surface area contributed by atoms with Crippen molar-refractivity contribution in [1.82, 2.24) is 0 Å². The molecule has 21 heavy (non-hydrogen) atoms. The fraction of sp³-hybridized carbons (Fsp3) is 0.350. The maximum Gasteiger partial charge on any atom is 0.147 e. The molecule has 2 aromatic carbocycles. The highest BCUT2D eigenvalue weighted by Gasteiger charge is 2.29. The van der Waals surface area contributed by atoms with Crippen LogP contribution in [0.5, 0.6) is 0 Å². The first-order chi connectivity index (χ1) is 9.91. The van der Waals surface area contributed by atoms with Crippen LogP contribution in [0, 0.1) is 0 Å². The zero-order chi connectivity index (χ0) is 15.5. The van der Waals surface area contributed by atoms with E-state index in [0.717, 1.165) is 11.1 Å². The summed E-state index contributed by atoms with van der Waals surface area (Å²) in [5.41, 5.74) is 3.04. The number of hydrogen-bond donors (Lipinski definition) is 0. The molecule has 0 heterocycles. The van der Waals surface area contributed by atoms with E-state index in [1.54, 1.807) is 0 Å². The highest BCUT2D eigenvalue weighted by molar-refractivity contribution is 5.91. The van der Waals surface area contributed by atoms with Crippen molar-refractivity contribution in [2.75, 3.05) is 0 Å². The third-order valence-electron chi connectivity index (χ3n) is 4.20. The molecule has 0 fully saturated rings. The topological polar surface area (TPSA) is 17.1 Å². The fourth-order valence-electron chi connectivity index (χ4n) is 2.44. The number of carbonyl (C=O) groups is 1. The second-order valence-corrected chi connectivity index (χ2v) is 6.49. The highest BCUT2D eigenvalue weighted by atomic mass is 16.1. The zero-order valence-corrected chi connectivity index (χ0v) is 13.4. The predicted molar refractivity (Wildman–Crippen MR) is 88.7 cm³/mol. The van der Waals surface area contributed by atoms with Crippen molar-refractivity contribution in [1.29, 1.82) is 0 Å². The Morgan fingerprint density at radius 3 is 2.05 bits per heavy atom. The van der Waals surface area contributed by atoms with Crippen LogP contribution in [0.15, 0.2) is 54.6 Å². The van der Waals surface area contributed by atoms with Gasteiger partial charge in [0, 0.05) is 11.8 Å². The van der Waals surface area contributed by atoms with Gasteiger partial charge in [0.2, 0.25) is 0 Å². The van der Waals surface area contributed by atoms with Gasteiger partial charge in [-0.1, -0.05) is 68.4 Å². The summed E-state index contributed by atoms with van der Waals surface area (Å²) >= 11 is 0. The molecule has 0 amide bonds. The molecule has 0 N–H and O–H groups in total. The predicted octanol–water partition coefficient (Wildman–Crippen LogP) is 4.90. The van der Waals surface area contributed by atoms with Gasteiger partial charge in [0.15, 0.2) is 0 Å². The summed E-state index contributed by atoms with van der Waals surface area (Å²) in [6, 6.07) is 18.4. The van der Waals surface area contributed by atoms with Gasteiger partial charge in [0.05, 0.1) is 0 Å². The molecular weight excluding hydrogens is 256 g/mol. The van der Waals surface area contributed by atoms with Crippen molar-refractivity contribution in [3.05, 3.63) is 71.3 Å². The van der Waals surface area contributed by atoms with E-state index in [9.17, 15) is 4.79 Å². The van der Waals surface area contributed by atoms with Gasteiger partial charge in [-0.05, 0) is 36.5 Å². The minimum atomic E-state index is -0.446. The average molecular weight is 280 g/mol. The van der Waals surface area contributed by atoms with Crippen molar-refractivity contribution in [3.63, 3.8) is 0 Å². The first-order valence-electron chi connectivity index (χ1n) is 7.59. The summed E-state index contributed by atoms with van der Waals surface area (Å²) in [4.78, 5) is 12.7. The van der Waals surface area contributed by atoms with Gasteiger partial charge in [0.1, 0.15) is 5.78 Å². The summed E-state index contributed by atoms with van der Waals surface area (Å²) in [7, 11) is 0. The largest absolute Gasteiger partial charge is 0.298 e. The SMILES string of the molecule is CC(C)c1ccc(CC(=O)C(C)(C)c2ccccc2)cc1. The zero-order valence-electron chi connectivity index (χ0n) is 13.4. The summed E-state index contributed by atoms with van der Waals surface area (Å²) < 4.78 is 0. The van der Waals surface area contributed by atoms with Crippen molar-refractivity contribution < 1.29 is 4.79 Å². The van der Waals surface area contributed by atoms with Gasteiger partial charge >= 0.3 is 0 Å². The van der Waals surface area contributed by atoms with Crippen LogP contribution in [-0.2, 0) is 16.6 Å². The lowest BCUT2D eigenvalue weighted by Crippen LogP contribution is -2.30. The molecule has 0 aromatic heterocycles. The molecule has 2 rings (SSSR count). The van der Waals surface area contributed by atoms with Crippen LogP contribution in [0.3, 0.4) is 0 Å². The van der Waals surface area contributed by atoms with E-state index in [2.05, 4.69) is 38.1 Å². The Labute approximate surface area is 128 Å². The van der Waals surface area contributed by atoms with Gasteiger partial charge in [-0.3, -0.25) is 4.79 Å². The van der Waals surface area contributed by atoms with E-state index in [1.807, 2.05) is 44.2 Å². The minimum Gasteiger partial charge on any atom is -0.298 e. The van der Waals surface area contributed by atoms with Gasteiger partial charge in [-0.15, -0.1) is 0 Å². The molecule has 1 nitrogen and oxygen atoms in total. The molecule has 0 aliphatic heterocycles. The Morgan fingerprint density at radius 2 is 1.52 bits per heavy atom. The smallest absolute Gasteiger partial charge is 0.147 e. The number of benzene rings is 2. The number of hydrogen-bond acceptors (Lipinski definition) is 1. The quantitative estimate of drug-likeness (QED) is 0.761. The minimum absolute atomic E-state index is 0.256. The Balaban J connectivity index is 2.14. The normalized spacial score (nSPS) is 11.7. The summed E-state index contributed by atoms with van der Waals surface area (Å²) in [6.45, 7) is 8.37. The van der Waals surface area contributed by atoms with Crippen LogP contribution in [-0.4, -0.2) is 5.78 Å². The van der Waals surface area contributed by atoms with Crippen LogP contribution in [0.25, 0.3) is 0 Å². The van der Waals surface area contributed by atoms with Crippen molar-refractivity contribution in [3.8, 4) is 0 Å². The number of ketones is 1. The molecule has 0 aliphatic carbocycles. The van der Waals surface area contributed by atoms with Gasteiger partial charge in [-0.25, -0.2) is 0 Å². The molecule has 0 bridgehead atoms. The number of carbonyl (C=O) groups excluding carboxylic acids is 1. The summed E-state index contributed by atoms with van der Waals surface area (Å²) in [6.07, 6.45) is 0.486. The molecule has 0 radical (unpaired) electrons. The first-order valence-corrected chi connectivity index (χ1v) is 7.59. The van der Waals surface area contributed by atoms with E-state index >= 15 is 0 Å². The van der Waals surface area contributed by atoms with Crippen LogP contribution in [0.1, 0.15) is 50.3 Å². The van der Waals surface area contributed by atoms with E-state index in [1.165, 1.54) is 5.56 Å². The van der Waals surface area contributed by atoms with Crippen LogP contribution >= 0.6 is 0 Å². The molecule has 0 spiro atoms. The summed E-state index contributed by atoms with van der Waals surface area (Å²) in [5, 5.41) is 0. The van der Waals surface area contributed by atoms with Crippen LogP contribution < -0.4 is 0 Å². The lowest BCUT2D eigenvalue weighted by atomic mass is 9.78. The second-order valence-electron chi connectivity index (χ2n) is 6.49. The monoisotopic (exact) mass is 280 g/mol. The molecule has 0 saturated carbocycles. The lowest BCUT2D eigenvalue weighted by Gasteiger charge is -2.24. The summed E-state index contributed by atoms with van der Waals surface area (Å²) in [5.74, 6) is 0.779. The third-order valence-corrected chi connectivity index (χ3v) is 4.20. The first kappa shape index (κ1) is 15.5. The van der Waals surface area contributed by atoms with Crippen LogP contribution in [0.4, 0.5) is 0 Å². The van der Waals surface area contributed by atoms with E-state index in [4.69, 9.17) is 0 Å². The Hall–Kier alpha value is -1.89. The van der Waals surface area contributed by atoms with E-state index in [-0.39, 0.29) is 5.78 Å². The van der Waals surface area contributed by atoms with Crippen LogP contribution in [0.2, 0.25) is 0 Å². The van der Waals surface area contributed by atoms with Crippen molar-refractivity contribution >= 4 is 5.78 Å². The maximum absolute atomic E-state index is 12.7. The second kappa shape index (κ2) is 6.26. The van der Waals surface area contributed by atoms with E-state index < -0.39 is 5.41 Å². The molecule has 0 saturated heterocycles. The lowest BCUT2D eigenvalue weighted by molar-refractivity contribution is -0.122. The average Bonchev–Trinajstić information content (AvgIpc) is 2.48. The Kier molecular flexibility index (Phi) is 4.62. The van der Waals surface area contributed by atoms with Gasteiger partial charge < -0.3 is 0 Å². The molecular formula is C20H24O. The van der Waals surface area contributed by atoms with E-state index in [0.29, 0.717) is 12.3 Å². The van der Waals surface area contributed by atoms with Gasteiger partial charge in [-0.2, -0.15) is 0 Å². The standard InChI is InChI=1S/C20H24O/c1-15(2)17-12-10-16(11-13-17)14-19(21)20(3,4)18-8-6-5-7-9-18/h5-13,15H,14H2,1-4H3. The number of Topliss-reactive ketones (excluding diaryl/α,β-unsaturated/α-hetero) is 1. The molecule has 2 aromatic rings. The van der Waals surface area contributed by atoms with Gasteiger partial charge in [0.25, 0.3) is 0 Å². The molecule has 1 heteroatoms. The Bertz CT molecular complexity index is 591. The molecule has 0 unspecified atom stereocenters. The molecule has 0 atom stereocenters. The number of rotatable bonds is 5. The maximum atomic E-state index is 12.7. The molecule has 110 valence electrons. The highest BCUT2D eigenvalue weighted by Crippen LogP contribution is 2.26. The molecule has 0 aliphatic rings. The fourth-order valence-corrected chi connectivity index (χ4v) is 2.44.